The third kappa shape index (κ3) is 5.16. The van der Waals surface area contributed by atoms with Crippen LogP contribution in [0.15, 0.2) is 48.5 Å². The monoisotopic (exact) mass is 488 g/mol. The van der Waals surface area contributed by atoms with E-state index in [0.29, 0.717) is 42.9 Å². The Morgan fingerprint density at radius 3 is 2.64 bits per heavy atom. The molecule has 5 rings (SSSR count). The van der Waals surface area contributed by atoms with E-state index >= 15 is 0 Å². The summed E-state index contributed by atoms with van der Waals surface area (Å²) in [4.78, 5) is 45.4. The van der Waals surface area contributed by atoms with Gasteiger partial charge in [0.25, 0.3) is 11.8 Å². The molecule has 7 heteroatoms. The molecule has 0 radical (unpaired) electrons. The number of amides is 3. The van der Waals surface area contributed by atoms with Gasteiger partial charge in [-0.1, -0.05) is 31.2 Å². The third-order valence-electron chi connectivity index (χ3n) is 7.83. The fraction of sp³-hybridized carbons (Fsp3) is 0.483. The maximum Gasteiger partial charge on any atom is 0.256 e. The molecule has 2 fully saturated rings. The lowest BCUT2D eigenvalue weighted by atomic mass is 9.99. The van der Waals surface area contributed by atoms with E-state index in [-0.39, 0.29) is 17.7 Å². The lowest BCUT2D eigenvalue weighted by Gasteiger charge is -2.30. The number of rotatable bonds is 7. The molecule has 3 amide bonds. The lowest BCUT2D eigenvalue weighted by Crippen LogP contribution is -2.44. The number of carbonyl (C=O) groups is 3. The van der Waals surface area contributed by atoms with Crippen LogP contribution in [0.25, 0.3) is 0 Å². The van der Waals surface area contributed by atoms with Gasteiger partial charge < -0.3 is 20.0 Å². The Bertz CT molecular complexity index is 1130. The number of fused-ring (bicyclic) bond motifs is 2. The van der Waals surface area contributed by atoms with Crippen molar-refractivity contribution in [3.05, 3.63) is 65.2 Å². The fourth-order valence-electron chi connectivity index (χ4n) is 5.66. The van der Waals surface area contributed by atoms with Crippen LogP contribution in [-0.2, 0) is 11.3 Å². The SMILES string of the molecule is CC1CCN(CCCNC(=O)c2cccc(CN3C(=O)C4CCCN4C(=O)c4ccccc43)c2)CC1. The van der Waals surface area contributed by atoms with E-state index in [9.17, 15) is 14.4 Å². The Morgan fingerprint density at radius 1 is 1.00 bits per heavy atom. The van der Waals surface area contributed by atoms with Gasteiger partial charge in [-0.25, -0.2) is 0 Å². The summed E-state index contributed by atoms with van der Waals surface area (Å²) in [6, 6.07) is 14.4. The number of hydrogen-bond donors (Lipinski definition) is 1. The molecule has 3 heterocycles. The zero-order valence-electron chi connectivity index (χ0n) is 21.1. The van der Waals surface area contributed by atoms with E-state index in [1.165, 1.54) is 12.8 Å². The normalized spacial score (nSPS) is 20.8. The van der Waals surface area contributed by atoms with Crippen molar-refractivity contribution < 1.29 is 14.4 Å². The average molecular weight is 489 g/mol. The quantitative estimate of drug-likeness (QED) is 0.604. The molecule has 3 aliphatic heterocycles. The van der Waals surface area contributed by atoms with Gasteiger partial charge in [-0.3, -0.25) is 14.4 Å². The van der Waals surface area contributed by atoms with Crippen LogP contribution >= 0.6 is 0 Å². The molecule has 0 spiro atoms. The summed E-state index contributed by atoms with van der Waals surface area (Å²) < 4.78 is 0. The van der Waals surface area contributed by atoms with Crippen molar-refractivity contribution in [2.24, 2.45) is 5.92 Å². The van der Waals surface area contributed by atoms with E-state index in [4.69, 9.17) is 0 Å². The minimum absolute atomic E-state index is 0.0484. The molecule has 2 saturated heterocycles. The Labute approximate surface area is 213 Å². The van der Waals surface area contributed by atoms with Crippen molar-refractivity contribution in [3.8, 4) is 0 Å². The van der Waals surface area contributed by atoms with Gasteiger partial charge in [0.2, 0.25) is 5.91 Å². The molecule has 0 aromatic heterocycles. The minimum Gasteiger partial charge on any atom is -0.352 e. The second-order valence-corrected chi connectivity index (χ2v) is 10.4. The highest BCUT2D eigenvalue weighted by atomic mass is 16.2. The Hall–Kier alpha value is -3.19. The molecule has 36 heavy (non-hydrogen) atoms. The molecule has 1 unspecified atom stereocenters. The molecular formula is C29H36N4O3. The Morgan fingerprint density at radius 2 is 1.81 bits per heavy atom. The van der Waals surface area contributed by atoms with Crippen LogP contribution in [-0.4, -0.2) is 66.3 Å². The first-order valence-electron chi connectivity index (χ1n) is 13.3. The topological polar surface area (TPSA) is 73.0 Å². The second-order valence-electron chi connectivity index (χ2n) is 10.4. The molecule has 3 aliphatic rings. The van der Waals surface area contributed by atoms with Crippen LogP contribution in [0.4, 0.5) is 5.69 Å². The zero-order chi connectivity index (χ0) is 25.1. The molecule has 190 valence electrons. The van der Waals surface area contributed by atoms with Crippen molar-refractivity contribution in [2.75, 3.05) is 37.6 Å². The summed E-state index contributed by atoms with van der Waals surface area (Å²) >= 11 is 0. The van der Waals surface area contributed by atoms with E-state index in [2.05, 4.69) is 17.1 Å². The summed E-state index contributed by atoms with van der Waals surface area (Å²) in [5.74, 6) is 0.608. The largest absolute Gasteiger partial charge is 0.352 e. The van der Waals surface area contributed by atoms with Crippen LogP contribution < -0.4 is 10.2 Å². The van der Waals surface area contributed by atoms with E-state index in [1.807, 2.05) is 42.5 Å². The van der Waals surface area contributed by atoms with Crippen LogP contribution in [0.1, 0.15) is 65.3 Å². The predicted molar refractivity (Wildman–Crippen MR) is 140 cm³/mol. The first-order valence-corrected chi connectivity index (χ1v) is 13.3. The van der Waals surface area contributed by atoms with Crippen molar-refractivity contribution in [2.45, 2.75) is 51.6 Å². The highest BCUT2D eigenvalue weighted by Crippen LogP contribution is 2.33. The molecule has 7 nitrogen and oxygen atoms in total. The van der Waals surface area contributed by atoms with E-state index in [0.717, 1.165) is 44.0 Å². The number of anilines is 1. The number of nitrogens with zero attached hydrogens (tertiary/aromatic N) is 3. The minimum atomic E-state index is -0.417. The van der Waals surface area contributed by atoms with Crippen LogP contribution in [0, 0.1) is 5.92 Å². The molecule has 1 N–H and O–H groups in total. The molecule has 2 aromatic rings. The van der Waals surface area contributed by atoms with Gasteiger partial charge in [-0.05, 0) is 87.5 Å². The zero-order valence-corrected chi connectivity index (χ0v) is 21.1. The van der Waals surface area contributed by atoms with Gasteiger partial charge in [-0.15, -0.1) is 0 Å². The van der Waals surface area contributed by atoms with Crippen LogP contribution in [0.5, 0.6) is 0 Å². The number of para-hydroxylation sites is 1. The van der Waals surface area contributed by atoms with Crippen LogP contribution in [0.3, 0.4) is 0 Å². The summed E-state index contributed by atoms with van der Waals surface area (Å²) in [5.41, 5.74) is 2.66. The maximum atomic E-state index is 13.5. The Balaban J connectivity index is 1.24. The number of carbonyl (C=O) groups excluding carboxylic acids is 3. The van der Waals surface area contributed by atoms with Gasteiger partial charge in [0.15, 0.2) is 0 Å². The summed E-state index contributed by atoms with van der Waals surface area (Å²) in [6.45, 7) is 7.22. The van der Waals surface area contributed by atoms with Crippen LogP contribution in [0.2, 0.25) is 0 Å². The smallest absolute Gasteiger partial charge is 0.256 e. The fourth-order valence-corrected chi connectivity index (χ4v) is 5.66. The second kappa shape index (κ2) is 10.8. The molecule has 0 bridgehead atoms. The summed E-state index contributed by atoms with van der Waals surface area (Å²) in [6.07, 6.45) is 4.98. The third-order valence-corrected chi connectivity index (χ3v) is 7.83. The van der Waals surface area contributed by atoms with Gasteiger partial charge in [0, 0.05) is 18.7 Å². The van der Waals surface area contributed by atoms with Gasteiger partial charge in [0.05, 0.1) is 17.8 Å². The summed E-state index contributed by atoms with van der Waals surface area (Å²) in [5, 5.41) is 3.05. The highest BCUT2D eigenvalue weighted by Gasteiger charge is 2.41. The molecular weight excluding hydrogens is 452 g/mol. The average Bonchev–Trinajstić information content (AvgIpc) is 3.38. The maximum absolute atomic E-state index is 13.5. The Kier molecular flexibility index (Phi) is 7.37. The lowest BCUT2D eigenvalue weighted by molar-refractivity contribution is -0.122. The van der Waals surface area contributed by atoms with Gasteiger partial charge in [0.1, 0.15) is 6.04 Å². The molecule has 0 saturated carbocycles. The highest BCUT2D eigenvalue weighted by molar-refractivity contribution is 6.11. The van der Waals surface area contributed by atoms with Crippen molar-refractivity contribution in [1.82, 2.24) is 15.1 Å². The van der Waals surface area contributed by atoms with Gasteiger partial charge >= 0.3 is 0 Å². The number of piperidine rings is 1. The number of likely N-dealkylation sites (tertiary alicyclic amines) is 1. The molecule has 2 aromatic carbocycles. The first-order chi connectivity index (χ1) is 17.5. The molecule has 0 aliphatic carbocycles. The van der Waals surface area contributed by atoms with E-state index in [1.54, 1.807) is 15.9 Å². The predicted octanol–water partition coefficient (Wildman–Crippen LogP) is 3.69. The van der Waals surface area contributed by atoms with Gasteiger partial charge in [-0.2, -0.15) is 0 Å². The number of hydrogen-bond acceptors (Lipinski definition) is 4. The molecule has 1 atom stereocenters. The van der Waals surface area contributed by atoms with Crippen molar-refractivity contribution in [1.29, 1.82) is 0 Å². The number of benzene rings is 2. The summed E-state index contributed by atoms with van der Waals surface area (Å²) in [7, 11) is 0. The van der Waals surface area contributed by atoms with E-state index < -0.39 is 6.04 Å². The number of nitrogens with one attached hydrogen (secondary N) is 1. The van der Waals surface area contributed by atoms with Crippen molar-refractivity contribution in [3.63, 3.8) is 0 Å². The standard InChI is InChI=1S/C29H36N4O3/c1-21-12-17-31(18-13-21)15-6-14-30-27(34)23-8-4-7-22(19-23)20-33-25-10-3-2-9-24(25)28(35)32-16-5-11-26(32)29(33)36/h2-4,7-10,19,21,26H,5-6,11-18,20H2,1H3,(H,30,34). The first kappa shape index (κ1) is 24.5. The van der Waals surface area contributed by atoms with Crippen molar-refractivity contribution >= 4 is 23.4 Å².